The number of piperidine rings is 2. The summed E-state index contributed by atoms with van der Waals surface area (Å²) >= 11 is 0. The van der Waals surface area contributed by atoms with E-state index in [0.29, 0.717) is 47.0 Å². The molecule has 9 heteroatoms. The van der Waals surface area contributed by atoms with Gasteiger partial charge in [0.05, 0.1) is 14.2 Å². The monoisotopic (exact) mass is 624 g/mol. The topological polar surface area (TPSA) is 101 Å². The minimum absolute atomic E-state index is 0.0518. The Labute approximate surface area is 268 Å². The highest BCUT2D eigenvalue weighted by Crippen LogP contribution is 2.65. The van der Waals surface area contributed by atoms with Gasteiger partial charge in [0.2, 0.25) is 0 Å². The van der Waals surface area contributed by atoms with Crippen LogP contribution < -0.4 is 18.9 Å². The highest BCUT2D eigenvalue weighted by Gasteiger charge is 2.66. The van der Waals surface area contributed by atoms with Gasteiger partial charge in [0.25, 0.3) is 0 Å². The van der Waals surface area contributed by atoms with Gasteiger partial charge < -0.3 is 39.0 Å². The van der Waals surface area contributed by atoms with Crippen molar-refractivity contribution < 1.29 is 34.0 Å². The maximum Gasteiger partial charge on any atom is 0.193 e. The molecule has 0 radical (unpaired) electrons. The van der Waals surface area contributed by atoms with Crippen LogP contribution in [-0.4, -0.2) is 104 Å². The van der Waals surface area contributed by atoms with Crippen molar-refractivity contribution in [1.29, 1.82) is 0 Å². The standard InChI is InChI=1S/C37H40N2O7/c1-38-11-9-36-21-5-7-25(40)34(36)45-32-27(43-3)15-19(17(29(32)36)13-23(21)38)31(42)20-16-28(44-4)33-30-18(20)14-24-22-6-8-26(41)35(46-33)37(22,30)10-12-39(24)2/h5-8,15-16,21-26,34-35,40-41H,9-14H2,1-4H3/t21-,22-,23+,24+,25-,26-,34-,35-,36-,37-/m0/s1. The molecule has 9 nitrogen and oxygen atoms in total. The van der Waals surface area contributed by atoms with E-state index in [1.54, 1.807) is 14.2 Å². The number of carbonyl (C=O) groups is 1. The number of ketones is 1. The first kappa shape index (κ1) is 27.7. The predicted octanol–water partition coefficient (Wildman–Crippen LogP) is 2.55. The van der Waals surface area contributed by atoms with E-state index >= 15 is 4.79 Å². The molecular formula is C37H40N2O7. The fourth-order valence-electron chi connectivity index (χ4n) is 11.5. The highest BCUT2D eigenvalue weighted by molar-refractivity contribution is 6.12. The normalized spacial score (nSPS) is 40.1. The van der Waals surface area contributed by atoms with Crippen molar-refractivity contribution in [2.24, 2.45) is 11.8 Å². The predicted molar refractivity (Wildman–Crippen MR) is 168 cm³/mol. The molecule has 2 N–H and O–H groups in total. The van der Waals surface area contributed by atoms with E-state index in [4.69, 9.17) is 18.9 Å². The molecule has 2 aromatic rings. The average Bonchev–Trinajstić information content (AvgIpc) is 3.60. The molecule has 10 atom stereocenters. The zero-order valence-electron chi connectivity index (χ0n) is 26.7. The second-order valence-corrected chi connectivity index (χ2v) is 14.9. The molecule has 10 rings (SSSR count). The first-order chi connectivity index (χ1) is 22.2. The number of rotatable bonds is 4. The maximum absolute atomic E-state index is 15.3. The molecule has 46 heavy (non-hydrogen) atoms. The van der Waals surface area contributed by atoms with E-state index in [2.05, 4.69) is 36.0 Å². The quantitative estimate of drug-likeness (QED) is 0.393. The van der Waals surface area contributed by atoms with Crippen molar-refractivity contribution in [2.45, 2.75) is 73.0 Å². The van der Waals surface area contributed by atoms with Gasteiger partial charge in [0, 0.05) is 57.0 Å². The van der Waals surface area contributed by atoms with Gasteiger partial charge in [-0.15, -0.1) is 0 Å². The van der Waals surface area contributed by atoms with Gasteiger partial charge in [-0.25, -0.2) is 0 Å². The molecule has 2 aromatic carbocycles. The molecule has 8 aliphatic rings. The van der Waals surface area contributed by atoms with E-state index in [1.807, 2.05) is 24.3 Å². The molecule has 0 unspecified atom stereocenters. The lowest BCUT2D eigenvalue weighted by molar-refractivity contribution is -0.0454. The summed E-state index contributed by atoms with van der Waals surface area (Å²) in [6, 6.07) is 4.12. The van der Waals surface area contributed by atoms with Crippen molar-refractivity contribution >= 4 is 5.78 Å². The molecule has 0 aromatic heterocycles. The van der Waals surface area contributed by atoms with Crippen LogP contribution in [0.15, 0.2) is 36.4 Å². The number of benzene rings is 2. The summed E-state index contributed by atoms with van der Waals surface area (Å²) in [4.78, 5) is 20.1. The van der Waals surface area contributed by atoms with Crippen LogP contribution in [-0.2, 0) is 23.7 Å². The summed E-state index contributed by atoms with van der Waals surface area (Å²) in [6.07, 6.45) is 8.96. The number of aliphatic hydroxyl groups is 2. The Bertz CT molecular complexity index is 1670. The molecule has 4 heterocycles. The number of ether oxygens (including phenoxy) is 4. The van der Waals surface area contributed by atoms with Crippen LogP contribution in [0.1, 0.15) is 51.0 Å². The number of hydrogen-bond acceptors (Lipinski definition) is 9. The Hall–Kier alpha value is -3.37. The molecule has 240 valence electrons. The van der Waals surface area contributed by atoms with E-state index in [0.717, 1.165) is 48.2 Å². The fourth-order valence-corrected chi connectivity index (χ4v) is 11.5. The van der Waals surface area contributed by atoms with Gasteiger partial charge in [0.1, 0.15) is 24.4 Å². The van der Waals surface area contributed by atoms with Crippen LogP contribution in [0.3, 0.4) is 0 Å². The van der Waals surface area contributed by atoms with E-state index in [9.17, 15) is 10.2 Å². The Morgan fingerprint density at radius 1 is 0.761 bits per heavy atom. The number of likely N-dealkylation sites (N-methyl/N-ethyl adjacent to an activating group) is 2. The summed E-state index contributed by atoms with van der Waals surface area (Å²) in [5.41, 5.74) is 4.57. The zero-order chi connectivity index (χ0) is 31.4. The Morgan fingerprint density at radius 3 is 1.61 bits per heavy atom. The highest BCUT2D eigenvalue weighted by atomic mass is 16.5. The van der Waals surface area contributed by atoms with Crippen LogP contribution >= 0.6 is 0 Å². The van der Waals surface area contributed by atoms with Crippen LogP contribution in [0.25, 0.3) is 0 Å². The molecule has 4 aliphatic heterocycles. The molecule has 0 amide bonds. The molecular weight excluding hydrogens is 584 g/mol. The average molecular weight is 625 g/mol. The van der Waals surface area contributed by atoms with Crippen LogP contribution in [0.2, 0.25) is 0 Å². The molecule has 2 fully saturated rings. The fraction of sp³-hybridized carbons (Fsp3) is 0.541. The van der Waals surface area contributed by atoms with Crippen LogP contribution in [0.5, 0.6) is 23.0 Å². The van der Waals surface area contributed by atoms with E-state index < -0.39 is 35.2 Å². The number of nitrogens with zero attached hydrogens (tertiary/aromatic N) is 2. The largest absolute Gasteiger partial charge is 0.493 e. The summed E-state index contributed by atoms with van der Waals surface area (Å²) in [5.74, 6) is 2.74. The molecule has 0 saturated carbocycles. The third kappa shape index (κ3) is 2.97. The lowest BCUT2D eigenvalue weighted by Crippen LogP contribution is -2.65. The van der Waals surface area contributed by atoms with Gasteiger partial charge in [-0.1, -0.05) is 24.3 Å². The van der Waals surface area contributed by atoms with Crippen molar-refractivity contribution in [3.63, 3.8) is 0 Å². The molecule has 4 aliphatic carbocycles. The lowest BCUT2D eigenvalue weighted by Gasteiger charge is -2.57. The number of likely N-dealkylation sites (tertiary alicyclic amines) is 2. The van der Waals surface area contributed by atoms with Gasteiger partial charge in [0.15, 0.2) is 28.8 Å². The maximum atomic E-state index is 15.3. The van der Waals surface area contributed by atoms with E-state index in [1.165, 1.54) is 0 Å². The third-order valence-electron chi connectivity index (χ3n) is 13.5. The first-order valence-corrected chi connectivity index (χ1v) is 16.7. The van der Waals surface area contributed by atoms with Crippen molar-refractivity contribution in [1.82, 2.24) is 9.80 Å². The van der Waals surface area contributed by atoms with Crippen LogP contribution in [0, 0.1) is 11.8 Å². The summed E-state index contributed by atoms with van der Waals surface area (Å²) in [5, 5.41) is 22.4. The SMILES string of the molecule is COc1cc(C(=O)c2cc(OC)c3c4c2C[C@@H]2[C@@H]5C=C[C@H](O)[C@H](O3)[C@]45CCN2C)c2c3c1O[C@H]1[C@@H](O)C=C[C@H]4[C@@H](C2)N(C)CC[C@@]341. The van der Waals surface area contributed by atoms with Crippen LogP contribution in [0.4, 0.5) is 0 Å². The molecule has 2 spiro atoms. The summed E-state index contributed by atoms with van der Waals surface area (Å²) in [6.45, 7) is 1.79. The van der Waals surface area contributed by atoms with E-state index in [-0.39, 0.29) is 29.7 Å². The number of hydrogen-bond donors (Lipinski definition) is 2. The first-order valence-electron chi connectivity index (χ1n) is 16.7. The Kier molecular flexibility index (Phi) is 5.39. The Morgan fingerprint density at radius 2 is 1.20 bits per heavy atom. The van der Waals surface area contributed by atoms with Crippen molar-refractivity contribution in [2.75, 3.05) is 41.4 Å². The minimum atomic E-state index is -0.732. The second kappa shape index (κ2) is 8.95. The van der Waals surface area contributed by atoms with Gasteiger partial charge in [-0.2, -0.15) is 0 Å². The zero-order valence-corrected chi connectivity index (χ0v) is 26.7. The second-order valence-electron chi connectivity index (χ2n) is 14.9. The van der Waals surface area contributed by atoms with Gasteiger partial charge >= 0.3 is 0 Å². The Balaban J connectivity index is 1.21. The van der Waals surface area contributed by atoms with Crippen molar-refractivity contribution in [3.05, 3.63) is 69.8 Å². The summed E-state index contributed by atoms with van der Waals surface area (Å²) in [7, 11) is 7.59. The lowest BCUT2D eigenvalue weighted by atomic mass is 9.52. The smallest absolute Gasteiger partial charge is 0.193 e. The number of carbonyl (C=O) groups excluding carboxylic acids is 1. The van der Waals surface area contributed by atoms with Gasteiger partial charge in [-0.05, 0) is 76.1 Å². The van der Waals surface area contributed by atoms with Crippen molar-refractivity contribution in [3.8, 4) is 23.0 Å². The number of aliphatic hydroxyl groups excluding tert-OH is 2. The van der Waals surface area contributed by atoms with Gasteiger partial charge in [-0.3, -0.25) is 4.79 Å². The third-order valence-corrected chi connectivity index (χ3v) is 13.5. The molecule has 4 bridgehead atoms. The summed E-state index contributed by atoms with van der Waals surface area (Å²) < 4.78 is 25.2. The minimum Gasteiger partial charge on any atom is -0.493 e. The molecule has 2 saturated heterocycles. The number of methoxy groups -OCH3 is 2.